The van der Waals surface area contributed by atoms with E-state index in [9.17, 15) is 39.6 Å². The Labute approximate surface area is 201 Å². The molecule has 1 aromatic heterocycles. The Morgan fingerprint density at radius 3 is 2.22 bits per heavy atom. The van der Waals surface area contributed by atoms with Crippen molar-refractivity contribution >= 4 is 11.9 Å². The second kappa shape index (κ2) is 8.82. The van der Waals surface area contributed by atoms with Gasteiger partial charge in [0.2, 0.25) is 0 Å². The number of rotatable bonds is 6. The molecule has 1 saturated heterocycles. The van der Waals surface area contributed by atoms with Gasteiger partial charge in [0.05, 0.1) is 11.1 Å². The highest BCUT2D eigenvalue weighted by molar-refractivity contribution is 5.90. The van der Waals surface area contributed by atoms with Gasteiger partial charge in [-0.25, -0.2) is 18.8 Å². The lowest BCUT2D eigenvalue weighted by molar-refractivity contribution is -0.134. The number of aromatic carboxylic acids is 2. The van der Waals surface area contributed by atoms with E-state index in [2.05, 4.69) is 0 Å². The molecule has 188 valence electrons. The summed E-state index contributed by atoms with van der Waals surface area (Å²) in [5.41, 5.74) is -9.39. The third kappa shape index (κ3) is 3.71. The Balaban J connectivity index is 1.99. The highest BCUT2D eigenvalue weighted by atomic mass is 19.1. The number of aromatic amines is 1. The Morgan fingerprint density at radius 2 is 1.61 bits per heavy atom. The number of aliphatic hydroxyl groups is 2. The zero-order valence-corrected chi connectivity index (χ0v) is 18.7. The molecule has 5 N–H and O–H groups in total. The first kappa shape index (κ1) is 25.0. The van der Waals surface area contributed by atoms with Crippen LogP contribution in [-0.2, 0) is 10.3 Å². The minimum Gasteiger partial charge on any atom is -0.478 e. The molecule has 2 aromatic carbocycles. The summed E-state index contributed by atoms with van der Waals surface area (Å²) in [6, 6.07) is 11.0. The first-order valence-corrected chi connectivity index (χ1v) is 10.6. The van der Waals surface area contributed by atoms with Gasteiger partial charge in [0.25, 0.3) is 5.56 Å². The Morgan fingerprint density at radius 1 is 1.03 bits per heavy atom. The van der Waals surface area contributed by atoms with Crippen molar-refractivity contribution in [3.05, 3.63) is 104 Å². The summed E-state index contributed by atoms with van der Waals surface area (Å²) in [7, 11) is 0. The zero-order chi connectivity index (χ0) is 26.4. The number of H-pyrrole nitrogens is 1. The number of ether oxygens (including phenoxy) is 1. The molecule has 1 fully saturated rings. The molecular formula is C24H21FN2O9. The van der Waals surface area contributed by atoms with Gasteiger partial charge >= 0.3 is 17.6 Å². The van der Waals surface area contributed by atoms with Gasteiger partial charge in [0, 0.05) is 17.8 Å². The summed E-state index contributed by atoms with van der Waals surface area (Å²) in [5.74, 6) is -2.94. The fourth-order valence-corrected chi connectivity index (χ4v) is 4.60. The molecule has 0 amide bonds. The molecule has 3 aromatic rings. The number of hydrogen-bond donors (Lipinski definition) is 5. The molecule has 1 unspecified atom stereocenters. The summed E-state index contributed by atoms with van der Waals surface area (Å²) in [5, 5.41) is 42.5. The van der Waals surface area contributed by atoms with Gasteiger partial charge in [-0.3, -0.25) is 14.3 Å². The summed E-state index contributed by atoms with van der Waals surface area (Å²) in [6.45, 7) is 0.851. The summed E-state index contributed by atoms with van der Waals surface area (Å²) < 4.78 is 23.1. The van der Waals surface area contributed by atoms with Crippen LogP contribution in [0.2, 0.25) is 0 Å². The van der Waals surface area contributed by atoms with Crippen LogP contribution in [0.5, 0.6) is 0 Å². The molecule has 11 nitrogen and oxygen atoms in total. The first-order valence-electron chi connectivity index (χ1n) is 10.6. The van der Waals surface area contributed by atoms with Crippen molar-refractivity contribution in [1.29, 1.82) is 0 Å². The van der Waals surface area contributed by atoms with Gasteiger partial charge in [0.1, 0.15) is 12.2 Å². The Bertz CT molecular complexity index is 1460. The van der Waals surface area contributed by atoms with E-state index in [1.54, 1.807) is 0 Å². The van der Waals surface area contributed by atoms with Gasteiger partial charge in [-0.2, -0.15) is 0 Å². The molecule has 0 aliphatic carbocycles. The third-order valence-electron chi connectivity index (χ3n) is 6.36. The molecular weight excluding hydrogens is 479 g/mol. The summed E-state index contributed by atoms with van der Waals surface area (Å²) in [6.07, 6.45) is -5.04. The first-order chi connectivity index (χ1) is 16.9. The summed E-state index contributed by atoms with van der Waals surface area (Å²) in [4.78, 5) is 49.7. The number of nitrogens with zero attached hydrogens (tertiary/aromatic N) is 1. The predicted octanol–water partition coefficient (Wildman–Crippen LogP) is 1.18. The smallest absolute Gasteiger partial charge is 0.336 e. The van der Waals surface area contributed by atoms with Gasteiger partial charge < -0.3 is 25.2 Å². The van der Waals surface area contributed by atoms with Gasteiger partial charge in [-0.1, -0.05) is 36.4 Å². The molecule has 0 saturated carbocycles. The second-order valence-corrected chi connectivity index (χ2v) is 8.46. The van der Waals surface area contributed by atoms with Gasteiger partial charge in [-0.05, 0) is 24.6 Å². The average molecular weight is 500 g/mol. The van der Waals surface area contributed by atoms with E-state index in [-0.39, 0.29) is 11.1 Å². The molecule has 0 spiro atoms. The number of aliphatic hydroxyl groups excluding tert-OH is 1. The molecule has 0 radical (unpaired) electrons. The Hall–Kier alpha value is -4.13. The van der Waals surface area contributed by atoms with Crippen LogP contribution in [0.4, 0.5) is 4.39 Å². The lowest BCUT2D eigenvalue weighted by Gasteiger charge is -2.39. The molecule has 4 rings (SSSR count). The van der Waals surface area contributed by atoms with Crippen LogP contribution in [0.15, 0.2) is 70.4 Å². The number of hydrogen-bond acceptors (Lipinski definition) is 7. The van der Waals surface area contributed by atoms with Crippen LogP contribution < -0.4 is 11.2 Å². The minimum atomic E-state index is -3.00. The minimum absolute atomic E-state index is 0.244. The van der Waals surface area contributed by atoms with E-state index in [1.165, 1.54) is 36.4 Å². The molecule has 5 atom stereocenters. The van der Waals surface area contributed by atoms with E-state index < -0.39 is 64.0 Å². The molecule has 12 heteroatoms. The van der Waals surface area contributed by atoms with Crippen LogP contribution in [0, 0.1) is 0 Å². The summed E-state index contributed by atoms with van der Waals surface area (Å²) >= 11 is 0. The highest BCUT2D eigenvalue weighted by Gasteiger charge is 2.69. The lowest BCUT2D eigenvalue weighted by Crippen LogP contribution is -2.53. The van der Waals surface area contributed by atoms with Crippen molar-refractivity contribution in [2.75, 3.05) is 0 Å². The van der Waals surface area contributed by atoms with Crippen molar-refractivity contribution in [1.82, 2.24) is 9.55 Å². The maximum atomic E-state index is 16.8. The number of aromatic nitrogens is 2. The monoisotopic (exact) mass is 500 g/mol. The zero-order valence-electron chi connectivity index (χ0n) is 18.7. The van der Waals surface area contributed by atoms with E-state index >= 15 is 4.39 Å². The topological polar surface area (TPSA) is 179 Å². The van der Waals surface area contributed by atoms with Crippen LogP contribution >= 0.6 is 0 Å². The van der Waals surface area contributed by atoms with Crippen molar-refractivity contribution in [3.8, 4) is 0 Å². The lowest BCUT2D eigenvalue weighted by atomic mass is 9.73. The van der Waals surface area contributed by atoms with Gasteiger partial charge in [0.15, 0.2) is 17.5 Å². The third-order valence-corrected chi connectivity index (χ3v) is 6.36. The maximum absolute atomic E-state index is 16.8. The molecule has 2 heterocycles. The molecule has 1 aliphatic heterocycles. The number of benzene rings is 2. The molecule has 1 aliphatic rings. The molecule has 0 bridgehead atoms. The van der Waals surface area contributed by atoms with Crippen molar-refractivity contribution in [2.45, 2.75) is 36.6 Å². The number of carbonyl (C=O) groups is 2. The number of nitrogens with one attached hydrogen (secondary N) is 1. The predicted molar refractivity (Wildman–Crippen MR) is 120 cm³/mol. The van der Waals surface area contributed by atoms with Crippen LogP contribution in [0.3, 0.4) is 0 Å². The SMILES string of the molecule is C[C@]1(F)[C@H](n2ccc(=O)[nH]c2=O)O[C@H](C(O)c2ccccc2C(=O)O)[C@]1(O)c1ccccc1C(=O)O. The number of carboxylic acids is 2. The number of halogens is 1. The van der Waals surface area contributed by atoms with Crippen molar-refractivity contribution < 1.29 is 39.1 Å². The second-order valence-electron chi connectivity index (χ2n) is 8.46. The largest absolute Gasteiger partial charge is 0.478 e. The average Bonchev–Trinajstić information content (AvgIpc) is 3.05. The van der Waals surface area contributed by atoms with Crippen LogP contribution in [0.25, 0.3) is 0 Å². The van der Waals surface area contributed by atoms with Crippen molar-refractivity contribution in [2.24, 2.45) is 0 Å². The normalized spacial score (nSPS) is 26.4. The maximum Gasteiger partial charge on any atom is 0.336 e. The van der Waals surface area contributed by atoms with E-state index in [1.807, 2.05) is 4.98 Å². The quantitative estimate of drug-likeness (QED) is 0.332. The highest BCUT2D eigenvalue weighted by Crippen LogP contribution is 2.56. The Kier molecular flexibility index (Phi) is 6.12. The van der Waals surface area contributed by atoms with E-state index in [0.717, 1.165) is 31.3 Å². The fraction of sp³-hybridized carbons (Fsp3) is 0.250. The van der Waals surface area contributed by atoms with Gasteiger partial charge in [-0.15, -0.1) is 0 Å². The number of alkyl halides is 1. The van der Waals surface area contributed by atoms with E-state index in [0.29, 0.717) is 4.57 Å². The standard InChI is InChI=1S/C24H21FN2O9/c1-23(25)21(27-11-10-16(28)26-22(27)34)36-18(17(29)12-6-2-3-7-13(12)19(30)31)24(23,35)15-9-5-4-8-14(15)20(32)33/h2-11,17-18,21,29,35H,1H3,(H,30,31)(H,32,33)(H,26,28,34)/t17?,18-,21-,23+,24-/m1/s1. The number of carboxylic acid groups (broad SMARTS) is 2. The fourth-order valence-electron chi connectivity index (χ4n) is 4.60. The van der Waals surface area contributed by atoms with E-state index in [4.69, 9.17) is 4.74 Å². The molecule has 36 heavy (non-hydrogen) atoms. The van der Waals surface area contributed by atoms with Crippen molar-refractivity contribution in [3.63, 3.8) is 0 Å². The van der Waals surface area contributed by atoms with Crippen LogP contribution in [0.1, 0.15) is 51.1 Å². The van der Waals surface area contributed by atoms with Crippen LogP contribution in [-0.4, -0.2) is 53.7 Å².